The van der Waals surface area contributed by atoms with Gasteiger partial charge in [0.25, 0.3) is 0 Å². The van der Waals surface area contributed by atoms with Gasteiger partial charge in [-0.3, -0.25) is 0 Å². The Kier molecular flexibility index (Phi) is 17.1. The predicted molar refractivity (Wildman–Crippen MR) is 126 cm³/mol. The molecule has 180 valence electrons. The van der Waals surface area contributed by atoms with E-state index in [9.17, 15) is 15.3 Å². The van der Waals surface area contributed by atoms with Crippen LogP contribution < -0.4 is 0 Å². The molecule has 1 fully saturated rings. The Bertz CT molecular complexity index is 376. The van der Waals surface area contributed by atoms with Crippen molar-refractivity contribution in [3.63, 3.8) is 0 Å². The van der Waals surface area contributed by atoms with E-state index in [1.54, 1.807) is 0 Å². The molecule has 0 aliphatic carbocycles. The van der Waals surface area contributed by atoms with Crippen molar-refractivity contribution in [3.05, 3.63) is 0 Å². The SMILES string of the molecule is CCCCCCCCCCCCCCCCCCCC(C)C1OC[C@@H](O)[C@H](O)[C@H]1O. The lowest BCUT2D eigenvalue weighted by Gasteiger charge is -2.38. The minimum Gasteiger partial charge on any atom is -0.388 e. The van der Waals surface area contributed by atoms with Crippen molar-refractivity contribution < 1.29 is 20.1 Å². The summed E-state index contributed by atoms with van der Waals surface area (Å²) in [5, 5.41) is 29.4. The van der Waals surface area contributed by atoms with E-state index in [4.69, 9.17) is 4.74 Å². The van der Waals surface area contributed by atoms with Crippen LogP contribution in [-0.4, -0.2) is 46.3 Å². The molecule has 30 heavy (non-hydrogen) atoms. The first-order valence-corrected chi connectivity index (χ1v) is 13.2. The van der Waals surface area contributed by atoms with Gasteiger partial charge in [-0.25, -0.2) is 0 Å². The van der Waals surface area contributed by atoms with Gasteiger partial charge >= 0.3 is 0 Å². The number of aliphatic hydroxyl groups excluding tert-OH is 3. The first kappa shape index (κ1) is 27.9. The third-order valence-electron chi connectivity index (χ3n) is 6.86. The quantitative estimate of drug-likeness (QED) is 0.216. The van der Waals surface area contributed by atoms with E-state index < -0.39 is 18.3 Å². The average molecular weight is 429 g/mol. The van der Waals surface area contributed by atoms with E-state index in [-0.39, 0.29) is 18.6 Å². The fourth-order valence-corrected chi connectivity index (χ4v) is 4.69. The number of ether oxygens (including phenoxy) is 1. The molecule has 3 N–H and O–H groups in total. The summed E-state index contributed by atoms with van der Waals surface area (Å²) < 4.78 is 5.56. The van der Waals surface area contributed by atoms with Gasteiger partial charge in [-0.1, -0.05) is 123 Å². The Morgan fingerprint density at radius 3 is 1.47 bits per heavy atom. The zero-order valence-electron chi connectivity index (χ0n) is 20.1. The maximum atomic E-state index is 10.1. The van der Waals surface area contributed by atoms with Crippen LogP contribution in [0.3, 0.4) is 0 Å². The van der Waals surface area contributed by atoms with Gasteiger partial charge in [0.15, 0.2) is 0 Å². The van der Waals surface area contributed by atoms with Gasteiger partial charge in [-0.15, -0.1) is 0 Å². The molecule has 1 heterocycles. The number of unbranched alkanes of at least 4 members (excludes halogenated alkanes) is 16. The van der Waals surface area contributed by atoms with Gasteiger partial charge in [0.2, 0.25) is 0 Å². The lowest BCUT2D eigenvalue weighted by Crippen LogP contribution is -2.54. The minimum atomic E-state index is -1.08. The Morgan fingerprint density at radius 2 is 1.03 bits per heavy atom. The summed E-state index contributed by atoms with van der Waals surface area (Å²) in [6, 6.07) is 0. The fourth-order valence-electron chi connectivity index (χ4n) is 4.69. The van der Waals surface area contributed by atoms with Crippen molar-refractivity contribution in [3.8, 4) is 0 Å². The highest BCUT2D eigenvalue weighted by Gasteiger charge is 2.39. The molecule has 1 saturated heterocycles. The highest BCUT2D eigenvalue weighted by molar-refractivity contribution is 4.88. The van der Waals surface area contributed by atoms with Crippen LogP contribution in [0.4, 0.5) is 0 Å². The highest BCUT2D eigenvalue weighted by atomic mass is 16.5. The third-order valence-corrected chi connectivity index (χ3v) is 6.86. The summed E-state index contributed by atoms with van der Waals surface area (Å²) in [4.78, 5) is 0. The molecule has 4 heteroatoms. The predicted octanol–water partition coefficient (Wildman–Crippen LogP) is 6.15. The average Bonchev–Trinajstić information content (AvgIpc) is 2.74. The van der Waals surface area contributed by atoms with Gasteiger partial charge in [-0.2, -0.15) is 0 Å². The van der Waals surface area contributed by atoms with Crippen molar-refractivity contribution in [1.29, 1.82) is 0 Å². The van der Waals surface area contributed by atoms with Crippen molar-refractivity contribution in [1.82, 2.24) is 0 Å². The Morgan fingerprint density at radius 1 is 0.633 bits per heavy atom. The molecule has 0 aromatic rings. The van der Waals surface area contributed by atoms with Crippen LogP contribution in [-0.2, 0) is 4.74 Å². The van der Waals surface area contributed by atoms with Gasteiger partial charge in [0.05, 0.1) is 12.7 Å². The molecule has 0 aromatic carbocycles. The monoisotopic (exact) mass is 428 g/mol. The normalized spacial score (nSPS) is 25.5. The summed E-state index contributed by atoms with van der Waals surface area (Å²) in [5.74, 6) is 0.207. The van der Waals surface area contributed by atoms with Crippen molar-refractivity contribution in [2.75, 3.05) is 6.61 Å². The van der Waals surface area contributed by atoms with Crippen molar-refractivity contribution in [2.45, 2.75) is 154 Å². The van der Waals surface area contributed by atoms with Crippen LogP contribution in [0.1, 0.15) is 129 Å². The second kappa shape index (κ2) is 18.4. The fraction of sp³-hybridized carbons (Fsp3) is 1.00. The Labute approximate surface area is 186 Å². The van der Waals surface area contributed by atoms with E-state index in [1.807, 2.05) is 0 Å². The highest BCUT2D eigenvalue weighted by Crippen LogP contribution is 2.25. The Hall–Kier alpha value is -0.160. The van der Waals surface area contributed by atoms with Gasteiger partial charge in [0, 0.05) is 0 Å². The van der Waals surface area contributed by atoms with E-state index in [2.05, 4.69) is 13.8 Å². The van der Waals surface area contributed by atoms with Gasteiger partial charge in [-0.05, 0) is 12.3 Å². The van der Waals surface area contributed by atoms with Crippen molar-refractivity contribution in [2.24, 2.45) is 5.92 Å². The van der Waals surface area contributed by atoms with E-state index in [0.717, 1.165) is 12.8 Å². The molecule has 5 atom stereocenters. The standard InChI is InChI=1S/C26H52O4/c1-3-4-5-6-7-8-9-10-11-12-13-14-15-16-17-18-19-20-22(2)26-25(29)24(28)23(27)21-30-26/h22-29H,3-21H2,1-2H3/t22?,23-,24+,25-,26?/m1/s1. The summed E-state index contributed by atoms with van der Waals surface area (Å²) in [6.45, 7) is 4.47. The summed E-state index contributed by atoms with van der Waals surface area (Å²) in [5.41, 5.74) is 0. The number of rotatable bonds is 19. The molecule has 0 radical (unpaired) electrons. The van der Waals surface area contributed by atoms with E-state index in [0.29, 0.717) is 0 Å². The molecule has 0 amide bonds. The summed E-state index contributed by atoms with van der Waals surface area (Å²) in [6.07, 6.45) is 21.0. The lowest BCUT2D eigenvalue weighted by molar-refractivity contribution is -0.199. The minimum absolute atomic E-state index is 0.117. The van der Waals surface area contributed by atoms with Crippen molar-refractivity contribution >= 4 is 0 Å². The van der Waals surface area contributed by atoms with Crippen LogP contribution in [0.5, 0.6) is 0 Å². The maximum absolute atomic E-state index is 10.1. The lowest BCUT2D eigenvalue weighted by atomic mass is 9.88. The summed E-state index contributed by atoms with van der Waals surface area (Å²) in [7, 11) is 0. The molecule has 0 aromatic heterocycles. The smallest absolute Gasteiger partial charge is 0.111 e. The third kappa shape index (κ3) is 12.6. The molecule has 1 rings (SSSR count). The second-order valence-electron chi connectivity index (χ2n) is 9.77. The van der Waals surface area contributed by atoms with Gasteiger partial charge in [0.1, 0.15) is 18.3 Å². The zero-order chi connectivity index (χ0) is 22.0. The molecule has 0 bridgehead atoms. The largest absolute Gasteiger partial charge is 0.388 e. The zero-order valence-corrected chi connectivity index (χ0v) is 20.1. The molecular formula is C26H52O4. The molecule has 0 spiro atoms. The van der Waals surface area contributed by atoms with Crippen LogP contribution in [0.25, 0.3) is 0 Å². The first-order valence-electron chi connectivity index (χ1n) is 13.2. The molecular weight excluding hydrogens is 376 g/mol. The molecule has 1 aliphatic rings. The topological polar surface area (TPSA) is 69.9 Å². The van der Waals surface area contributed by atoms with Crippen LogP contribution >= 0.6 is 0 Å². The van der Waals surface area contributed by atoms with Crippen LogP contribution in [0.15, 0.2) is 0 Å². The number of hydrogen-bond donors (Lipinski definition) is 3. The molecule has 4 nitrogen and oxygen atoms in total. The maximum Gasteiger partial charge on any atom is 0.111 e. The van der Waals surface area contributed by atoms with E-state index in [1.165, 1.54) is 103 Å². The molecule has 2 unspecified atom stereocenters. The van der Waals surface area contributed by atoms with E-state index >= 15 is 0 Å². The first-order chi connectivity index (χ1) is 14.6. The number of aliphatic hydroxyl groups is 3. The van der Waals surface area contributed by atoms with Crippen LogP contribution in [0.2, 0.25) is 0 Å². The summed E-state index contributed by atoms with van der Waals surface area (Å²) >= 11 is 0. The number of hydrogen-bond acceptors (Lipinski definition) is 4. The van der Waals surface area contributed by atoms with Gasteiger partial charge < -0.3 is 20.1 Å². The second-order valence-corrected chi connectivity index (χ2v) is 9.77. The Balaban J connectivity index is 1.82. The molecule has 1 aliphatic heterocycles. The van der Waals surface area contributed by atoms with Crippen LogP contribution in [0, 0.1) is 5.92 Å². The molecule has 0 saturated carbocycles.